The average molecular weight is 366 g/mol. The first kappa shape index (κ1) is 18.2. The van der Waals surface area contributed by atoms with Crippen LogP contribution in [-0.2, 0) is 15.9 Å². The van der Waals surface area contributed by atoms with Gasteiger partial charge in [0.1, 0.15) is 17.2 Å². The Morgan fingerprint density at radius 2 is 1.96 bits per heavy atom. The summed E-state index contributed by atoms with van der Waals surface area (Å²) in [5.74, 6) is -1.39. The van der Waals surface area contributed by atoms with Crippen molar-refractivity contribution >= 4 is 12.2 Å². The van der Waals surface area contributed by atoms with Crippen molar-refractivity contribution in [1.82, 2.24) is 10.2 Å². The van der Waals surface area contributed by atoms with Crippen LogP contribution in [0.3, 0.4) is 0 Å². The van der Waals surface area contributed by atoms with Crippen LogP contribution in [0.4, 0.5) is 18.4 Å². The van der Waals surface area contributed by atoms with Crippen molar-refractivity contribution in [3.8, 4) is 0 Å². The SMILES string of the molecule is CC(C)(C)OC(=O)N1CC=C1[C@H]1OC(=O)NC1Cc1cc(F)cc(F)c1. The number of hydrogen-bond donors (Lipinski definition) is 1. The largest absolute Gasteiger partial charge is 0.443 e. The topological polar surface area (TPSA) is 67.9 Å². The van der Waals surface area contributed by atoms with E-state index in [0.717, 1.165) is 6.07 Å². The summed E-state index contributed by atoms with van der Waals surface area (Å²) in [4.78, 5) is 25.3. The number of carbonyl (C=O) groups is 2. The molecule has 3 rings (SSSR count). The Morgan fingerprint density at radius 1 is 1.31 bits per heavy atom. The molecule has 0 aliphatic carbocycles. The minimum absolute atomic E-state index is 0.157. The molecule has 1 fully saturated rings. The van der Waals surface area contributed by atoms with E-state index in [0.29, 0.717) is 17.8 Å². The van der Waals surface area contributed by atoms with Gasteiger partial charge in [-0.15, -0.1) is 0 Å². The molecule has 1 saturated heterocycles. The summed E-state index contributed by atoms with van der Waals surface area (Å²) < 4.78 is 37.4. The molecule has 140 valence electrons. The normalized spacial score (nSPS) is 22.3. The molecule has 0 radical (unpaired) electrons. The first-order chi connectivity index (χ1) is 12.1. The lowest BCUT2D eigenvalue weighted by atomic mass is 9.97. The third kappa shape index (κ3) is 3.95. The Kier molecular flexibility index (Phi) is 4.60. The van der Waals surface area contributed by atoms with E-state index in [2.05, 4.69) is 5.32 Å². The number of hydrogen-bond acceptors (Lipinski definition) is 4. The van der Waals surface area contributed by atoms with Crippen molar-refractivity contribution in [2.45, 2.75) is 44.9 Å². The lowest BCUT2D eigenvalue weighted by Gasteiger charge is -2.36. The number of alkyl carbamates (subject to hydrolysis) is 1. The summed E-state index contributed by atoms with van der Waals surface area (Å²) in [5.41, 5.74) is 0.229. The maximum absolute atomic E-state index is 13.4. The molecule has 0 spiro atoms. The molecule has 26 heavy (non-hydrogen) atoms. The van der Waals surface area contributed by atoms with Crippen LogP contribution in [0.2, 0.25) is 0 Å². The molecule has 0 saturated carbocycles. The molecule has 2 aliphatic rings. The first-order valence-electron chi connectivity index (χ1n) is 8.25. The number of halogens is 2. The van der Waals surface area contributed by atoms with Crippen LogP contribution in [0.15, 0.2) is 30.0 Å². The number of ether oxygens (including phenoxy) is 2. The van der Waals surface area contributed by atoms with Crippen LogP contribution < -0.4 is 5.32 Å². The van der Waals surface area contributed by atoms with Crippen molar-refractivity contribution in [1.29, 1.82) is 0 Å². The van der Waals surface area contributed by atoms with Crippen LogP contribution >= 0.6 is 0 Å². The Hall–Kier alpha value is -2.64. The van der Waals surface area contributed by atoms with Gasteiger partial charge in [0.05, 0.1) is 11.7 Å². The molecule has 1 aromatic carbocycles. The highest BCUT2D eigenvalue weighted by Gasteiger charge is 2.43. The molecule has 8 heteroatoms. The van der Waals surface area contributed by atoms with Gasteiger partial charge in [0, 0.05) is 12.6 Å². The van der Waals surface area contributed by atoms with Gasteiger partial charge in [-0.3, -0.25) is 4.90 Å². The van der Waals surface area contributed by atoms with Gasteiger partial charge in [0.2, 0.25) is 0 Å². The van der Waals surface area contributed by atoms with Gasteiger partial charge < -0.3 is 14.8 Å². The lowest BCUT2D eigenvalue weighted by Crippen LogP contribution is -2.48. The Bertz CT molecular complexity index is 753. The molecule has 2 aliphatic heterocycles. The van der Waals surface area contributed by atoms with Gasteiger partial charge in [-0.25, -0.2) is 18.4 Å². The molecule has 1 aromatic rings. The van der Waals surface area contributed by atoms with Gasteiger partial charge in [0.25, 0.3) is 0 Å². The van der Waals surface area contributed by atoms with E-state index in [9.17, 15) is 18.4 Å². The summed E-state index contributed by atoms with van der Waals surface area (Å²) in [5, 5.41) is 2.62. The van der Waals surface area contributed by atoms with Crippen LogP contribution in [0, 0.1) is 11.6 Å². The monoisotopic (exact) mass is 366 g/mol. The third-order valence-electron chi connectivity index (χ3n) is 3.98. The Balaban J connectivity index is 1.74. The quantitative estimate of drug-likeness (QED) is 0.893. The summed E-state index contributed by atoms with van der Waals surface area (Å²) in [7, 11) is 0. The smallest absolute Gasteiger partial charge is 0.414 e. The molecule has 2 amide bonds. The summed E-state index contributed by atoms with van der Waals surface area (Å²) in [6.07, 6.45) is -0.00378. The van der Waals surface area contributed by atoms with Crippen molar-refractivity contribution in [2.24, 2.45) is 0 Å². The van der Waals surface area contributed by atoms with Crippen molar-refractivity contribution in [3.63, 3.8) is 0 Å². The zero-order valence-electron chi connectivity index (χ0n) is 14.7. The van der Waals surface area contributed by atoms with Crippen LogP contribution in [0.1, 0.15) is 26.3 Å². The predicted molar refractivity (Wildman–Crippen MR) is 88.3 cm³/mol. The van der Waals surface area contributed by atoms with Crippen molar-refractivity contribution < 1.29 is 27.8 Å². The molecule has 1 N–H and O–H groups in total. The van der Waals surface area contributed by atoms with E-state index in [1.807, 2.05) is 0 Å². The highest BCUT2D eigenvalue weighted by molar-refractivity contribution is 5.75. The fraction of sp³-hybridized carbons (Fsp3) is 0.444. The standard InChI is InChI=1S/C18H20F2N2O4/c1-18(2,3)26-17(24)22-5-4-14(22)15-13(21-16(23)25-15)8-10-6-11(19)9-12(20)7-10/h4,6-7,9,13,15H,5,8H2,1-3H3,(H,21,23)/t13?,15-/m0/s1. The van der Waals surface area contributed by atoms with Gasteiger partial charge in [-0.1, -0.05) is 0 Å². The zero-order chi connectivity index (χ0) is 19.1. The van der Waals surface area contributed by atoms with Crippen LogP contribution in [0.5, 0.6) is 0 Å². The maximum atomic E-state index is 13.4. The summed E-state index contributed by atoms with van der Waals surface area (Å²) in [6.45, 7) is 5.62. The average Bonchev–Trinajstić information content (AvgIpc) is 2.74. The van der Waals surface area contributed by atoms with E-state index >= 15 is 0 Å². The molecular weight excluding hydrogens is 346 g/mol. The number of carbonyl (C=O) groups excluding carboxylic acids is 2. The Morgan fingerprint density at radius 3 is 2.50 bits per heavy atom. The third-order valence-corrected chi connectivity index (χ3v) is 3.98. The minimum atomic E-state index is -0.741. The van der Waals surface area contributed by atoms with Crippen molar-refractivity contribution in [2.75, 3.05) is 6.54 Å². The second-order valence-corrected chi connectivity index (χ2v) is 7.28. The second kappa shape index (κ2) is 6.59. The maximum Gasteiger partial charge on any atom is 0.414 e. The molecule has 2 heterocycles. The van der Waals surface area contributed by atoms with Gasteiger partial charge in [-0.05, 0) is 51.0 Å². The fourth-order valence-electron chi connectivity index (χ4n) is 2.92. The number of rotatable bonds is 3. The van der Waals surface area contributed by atoms with E-state index in [4.69, 9.17) is 9.47 Å². The zero-order valence-corrected chi connectivity index (χ0v) is 14.7. The van der Waals surface area contributed by atoms with E-state index in [1.54, 1.807) is 26.8 Å². The molecule has 1 unspecified atom stereocenters. The predicted octanol–water partition coefficient (Wildman–Crippen LogP) is 3.12. The highest BCUT2D eigenvalue weighted by atomic mass is 19.1. The lowest BCUT2D eigenvalue weighted by molar-refractivity contribution is 0.0229. The molecular formula is C18H20F2N2O4. The molecule has 6 nitrogen and oxygen atoms in total. The van der Waals surface area contributed by atoms with Gasteiger partial charge in [-0.2, -0.15) is 0 Å². The number of amides is 2. The molecule has 2 atom stereocenters. The molecule has 0 aromatic heterocycles. The van der Waals surface area contributed by atoms with Crippen LogP contribution in [-0.4, -0.2) is 41.4 Å². The molecule has 0 bridgehead atoms. The summed E-state index contributed by atoms with van der Waals surface area (Å²) in [6, 6.07) is 2.63. The second-order valence-electron chi connectivity index (χ2n) is 7.28. The highest BCUT2D eigenvalue weighted by Crippen LogP contribution is 2.29. The number of nitrogens with zero attached hydrogens (tertiary/aromatic N) is 1. The summed E-state index contributed by atoms with van der Waals surface area (Å²) >= 11 is 0. The van der Waals surface area contributed by atoms with Gasteiger partial charge >= 0.3 is 12.2 Å². The minimum Gasteiger partial charge on any atom is -0.443 e. The Labute approximate surface area is 149 Å². The number of cyclic esters (lactones) is 1. The first-order valence-corrected chi connectivity index (χ1v) is 8.25. The fourth-order valence-corrected chi connectivity index (χ4v) is 2.92. The van der Waals surface area contributed by atoms with E-state index < -0.39 is 41.6 Å². The number of nitrogens with one attached hydrogen (secondary N) is 1. The van der Waals surface area contributed by atoms with Crippen molar-refractivity contribution in [3.05, 3.63) is 47.2 Å². The van der Waals surface area contributed by atoms with Gasteiger partial charge in [0.15, 0.2) is 6.10 Å². The van der Waals surface area contributed by atoms with E-state index in [1.165, 1.54) is 17.0 Å². The van der Waals surface area contributed by atoms with Crippen LogP contribution in [0.25, 0.3) is 0 Å². The number of benzene rings is 1. The van der Waals surface area contributed by atoms with E-state index in [-0.39, 0.29) is 6.42 Å².